The highest BCUT2D eigenvalue weighted by atomic mass is 28.4. The van der Waals surface area contributed by atoms with Gasteiger partial charge in [-0.25, -0.2) is 0 Å². The first-order chi connectivity index (χ1) is 11.0. The zero-order chi connectivity index (χ0) is 18.4. The van der Waals surface area contributed by atoms with Crippen molar-refractivity contribution in [1.82, 2.24) is 0 Å². The summed E-state index contributed by atoms with van der Waals surface area (Å²) in [7, 11) is -1.76. The van der Waals surface area contributed by atoms with Crippen molar-refractivity contribution in [3.8, 4) is 0 Å². The van der Waals surface area contributed by atoms with E-state index in [2.05, 4.69) is 52.9 Å². The van der Waals surface area contributed by atoms with Crippen LogP contribution in [-0.4, -0.2) is 32.9 Å². The van der Waals surface area contributed by atoms with Crippen LogP contribution in [-0.2, 0) is 13.9 Å². The summed E-state index contributed by atoms with van der Waals surface area (Å²) < 4.78 is 18.5. The molecular weight excluding hydrogens is 316 g/mol. The Morgan fingerprint density at radius 1 is 1.08 bits per heavy atom. The van der Waals surface area contributed by atoms with E-state index >= 15 is 0 Å². The average Bonchev–Trinajstić information content (AvgIpc) is 2.74. The Labute approximate surface area is 151 Å². The summed E-state index contributed by atoms with van der Waals surface area (Å²) in [5.41, 5.74) is 0. The highest BCUT2D eigenvalue weighted by Crippen LogP contribution is 2.38. The fourth-order valence-electron chi connectivity index (χ4n) is 2.58. The van der Waals surface area contributed by atoms with E-state index in [4.69, 9.17) is 13.9 Å². The minimum absolute atomic E-state index is 0.00376. The lowest BCUT2D eigenvalue weighted by molar-refractivity contribution is -0.145. The molecule has 0 aromatic rings. The van der Waals surface area contributed by atoms with Crippen molar-refractivity contribution in [2.24, 2.45) is 0 Å². The van der Waals surface area contributed by atoms with E-state index in [9.17, 15) is 0 Å². The fourth-order valence-corrected chi connectivity index (χ4v) is 3.60. The zero-order valence-electron chi connectivity index (χ0n) is 17.3. The molecule has 1 aliphatic rings. The topological polar surface area (TPSA) is 27.7 Å². The van der Waals surface area contributed by atoms with E-state index in [0.29, 0.717) is 6.61 Å². The van der Waals surface area contributed by atoms with E-state index < -0.39 is 14.1 Å². The van der Waals surface area contributed by atoms with Gasteiger partial charge in [-0.2, -0.15) is 0 Å². The Morgan fingerprint density at radius 2 is 1.75 bits per heavy atom. The molecule has 142 valence electrons. The molecule has 1 heterocycles. The summed E-state index contributed by atoms with van der Waals surface area (Å²) in [6, 6.07) is 0. The molecule has 1 saturated heterocycles. The first-order valence-corrected chi connectivity index (χ1v) is 12.6. The van der Waals surface area contributed by atoms with Crippen LogP contribution in [0.15, 0.2) is 12.2 Å². The lowest BCUT2D eigenvalue weighted by Gasteiger charge is -2.37. The molecule has 0 amide bonds. The van der Waals surface area contributed by atoms with E-state index in [1.54, 1.807) is 0 Å². The third kappa shape index (κ3) is 6.99. The number of ether oxygens (including phenoxy) is 2. The van der Waals surface area contributed by atoms with Gasteiger partial charge in [0.1, 0.15) is 12.2 Å². The summed E-state index contributed by atoms with van der Waals surface area (Å²) in [6.07, 6.45) is 10.7. The van der Waals surface area contributed by atoms with Crippen LogP contribution in [0.1, 0.15) is 73.6 Å². The van der Waals surface area contributed by atoms with Crippen LogP contribution in [0, 0.1) is 0 Å². The minimum Gasteiger partial charge on any atom is -0.414 e. The quantitative estimate of drug-likeness (QED) is 0.286. The van der Waals surface area contributed by atoms with Crippen molar-refractivity contribution >= 4 is 8.32 Å². The minimum atomic E-state index is -1.76. The van der Waals surface area contributed by atoms with Gasteiger partial charge in [-0.1, -0.05) is 59.1 Å². The summed E-state index contributed by atoms with van der Waals surface area (Å²) in [5.74, 6) is -0.529. The van der Waals surface area contributed by atoms with Crippen LogP contribution < -0.4 is 0 Å². The number of allylic oxidation sites excluding steroid dienone is 1. The molecule has 0 aromatic heterocycles. The molecule has 0 spiro atoms. The number of hydrogen-bond acceptors (Lipinski definition) is 3. The molecule has 0 saturated carbocycles. The third-order valence-corrected chi connectivity index (χ3v) is 9.69. The van der Waals surface area contributed by atoms with Crippen molar-refractivity contribution in [2.75, 3.05) is 6.61 Å². The fraction of sp³-hybridized carbons (Fsp3) is 0.900. The lowest BCUT2D eigenvalue weighted by Crippen LogP contribution is -2.43. The monoisotopic (exact) mass is 356 g/mol. The molecule has 1 aliphatic heterocycles. The van der Waals surface area contributed by atoms with Gasteiger partial charge in [0.15, 0.2) is 14.1 Å². The van der Waals surface area contributed by atoms with Crippen molar-refractivity contribution < 1.29 is 13.9 Å². The van der Waals surface area contributed by atoms with E-state index in [1.165, 1.54) is 25.7 Å². The Morgan fingerprint density at radius 3 is 2.33 bits per heavy atom. The molecule has 1 fully saturated rings. The van der Waals surface area contributed by atoms with Gasteiger partial charge in [0, 0.05) is 0 Å². The Bertz CT molecular complexity index is 396. The smallest absolute Gasteiger partial charge is 0.192 e. The van der Waals surface area contributed by atoms with Gasteiger partial charge >= 0.3 is 0 Å². The van der Waals surface area contributed by atoms with E-state index in [-0.39, 0.29) is 17.2 Å². The van der Waals surface area contributed by atoms with Crippen LogP contribution in [0.25, 0.3) is 0 Å². The molecular formula is C20H40O3Si. The highest BCUT2D eigenvalue weighted by molar-refractivity contribution is 6.74. The largest absolute Gasteiger partial charge is 0.414 e. The SMILES string of the molecule is CCCCCC/C=C/[C@@H]1OC(C)(C)O[C@H]1CO[Si](C)(C)C(C)(C)C. The molecule has 0 bridgehead atoms. The van der Waals surface area contributed by atoms with Crippen LogP contribution in [0.3, 0.4) is 0 Å². The molecule has 0 unspecified atom stereocenters. The normalized spacial score (nSPS) is 24.8. The van der Waals surface area contributed by atoms with Gasteiger partial charge in [-0.3, -0.25) is 0 Å². The van der Waals surface area contributed by atoms with Crippen LogP contribution in [0.4, 0.5) is 0 Å². The lowest BCUT2D eigenvalue weighted by atomic mass is 10.1. The average molecular weight is 357 g/mol. The predicted octanol–water partition coefficient (Wildman–Crippen LogP) is 6.05. The second kappa shape index (κ2) is 8.97. The summed E-state index contributed by atoms with van der Waals surface area (Å²) in [4.78, 5) is 0. The third-order valence-electron chi connectivity index (χ3n) is 5.19. The Hall–Kier alpha value is -0.163. The Kier molecular flexibility index (Phi) is 8.18. The van der Waals surface area contributed by atoms with E-state index in [1.807, 2.05) is 13.8 Å². The van der Waals surface area contributed by atoms with Crippen molar-refractivity contribution in [1.29, 1.82) is 0 Å². The number of unbranched alkanes of at least 4 members (excludes halogenated alkanes) is 4. The second-order valence-electron chi connectivity index (χ2n) is 8.99. The maximum atomic E-state index is 6.36. The molecule has 3 nitrogen and oxygen atoms in total. The first-order valence-electron chi connectivity index (χ1n) is 9.65. The summed E-state index contributed by atoms with van der Waals surface area (Å²) in [6.45, 7) is 18.2. The zero-order valence-corrected chi connectivity index (χ0v) is 18.3. The number of rotatable bonds is 9. The standard InChI is InChI=1S/C20H40O3Si/c1-9-10-11-12-13-14-15-17-18(23-20(5,6)22-17)16-21-24(7,8)19(2,3)4/h14-15,17-18H,9-13,16H2,1-8H3/b15-14+/t17-,18-/m0/s1. The van der Waals surface area contributed by atoms with Crippen LogP contribution in [0.5, 0.6) is 0 Å². The highest BCUT2D eigenvalue weighted by Gasteiger charge is 2.43. The van der Waals surface area contributed by atoms with Gasteiger partial charge in [-0.15, -0.1) is 0 Å². The van der Waals surface area contributed by atoms with Crippen LogP contribution in [0.2, 0.25) is 18.1 Å². The van der Waals surface area contributed by atoms with E-state index in [0.717, 1.165) is 6.42 Å². The van der Waals surface area contributed by atoms with Gasteiger partial charge in [-0.05, 0) is 44.8 Å². The maximum absolute atomic E-state index is 6.36. The number of hydrogen-bond donors (Lipinski definition) is 0. The van der Waals surface area contributed by atoms with Crippen LogP contribution >= 0.6 is 0 Å². The second-order valence-corrected chi connectivity index (χ2v) is 13.8. The molecule has 0 N–H and O–H groups in total. The summed E-state index contributed by atoms with van der Waals surface area (Å²) >= 11 is 0. The predicted molar refractivity (Wildman–Crippen MR) is 105 cm³/mol. The molecule has 1 rings (SSSR count). The maximum Gasteiger partial charge on any atom is 0.192 e. The molecule has 4 heteroatoms. The molecule has 0 aromatic carbocycles. The Balaban J connectivity index is 2.55. The molecule has 24 heavy (non-hydrogen) atoms. The molecule has 2 atom stereocenters. The van der Waals surface area contributed by atoms with Gasteiger partial charge in [0.2, 0.25) is 0 Å². The van der Waals surface area contributed by atoms with Gasteiger partial charge < -0.3 is 13.9 Å². The van der Waals surface area contributed by atoms with Crippen molar-refractivity contribution in [3.63, 3.8) is 0 Å². The van der Waals surface area contributed by atoms with Gasteiger partial charge in [0.25, 0.3) is 0 Å². The van der Waals surface area contributed by atoms with Crippen molar-refractivity contribution in [3.05, 3.63) is 12.2 Å². The first kappa shape index (κ1) is 21.9. The van der Waals surface area contributed by atoms with Crippen molar-refractivity contribution in [2.45, 2.75) is 110 Å². The summed E-state index contributed by atoms with van der Waals surface area (Å²) in [5, 5.41) is 0.215. The van der Waals surface area contributed by atoms with Gasteiger partial charge in [0.05, 0.1) is 6.61 Å². The molecule has 0 aliphatic carbocycles. The molecule has 0 radical (unpaired) electrons.